The monoisotopic (exact) mass is 233 g/mol. The molecule has 14 heavy (non-hydrogen) atoms. The minimum atomic E-state index is 0.129. The van der Waals surface area contributed by atoms with Gasteiger partial charge in [-0.05, 0) is 44.1 Å². The van der Waals surface area contributed by atoms with Gasteiger partial charge in [-0.25, -0.2) is 0 Å². The van der Waals surface area contributed by atoms with Crippen LogP contribution in [0, 0.1) is 0 Å². The lowest BCUT2D eigenvalue weighted by atomic mass is 10.3. The Morgan fingerprint density at radius 2 is 1.71 bits per heavy atom. The summed E-state index contributed by atoms with van der Waals surface area (Å²) in [4.78, 5) is 0. The minimum Gasteiger partial charge on any atom is -0.508 e. The molecular weight excluding hydrogens is 221 g/mol. The van der Waals surface area contributed by atoms with Crippen LogP contribution in [0.25, 0.3) is 0 Å². The van der Waals surface area contributed by atoms with Gasteiger partial charge < -0.3 is 10.4 Å². The number of aromatic hydroxyl groups is 1. The first-order valence-corrected chi connectivity index (χ1v) is 5.30. The van der Waals surface area contributed by atoms with E-state index < -0.39 is 0 Å². The number of phenols is 1. The molecule has 0 amide bonds. The maximum absolute atomic E-state index is 8.79. The van der Waals surface area contributed by atoms with Crippen LogP contribution in [0.4, 0.5) is 0 Å². The largest absolute Gasteiger partial charge is 0.508 e. The molecule has 0 atom stereocenters. The fourth-order valence-electron chi connectivity index (χ4n) is 1.11. The third kappa shape index (κ3) is 4.18. The van der Waals surface area contributed by atoms with Crippen molar-refractivity contribution in [3.63, 3.8) is 0 Å². The van der Waals surface area contributed by atoms with Crippen molar-refractivity contribution < 1.29 is 5.11 Å². The average molecular weight is 234 g/mol. The van der Waals surface area contributed by atoms with E-state index in [0.717, 1.165) is 0 Å². The van der Waals surface area contributed by atoms with E-state index in [1.165, 1.54) is 38.1 Å². The molecule has 1 aromatic carbocycles. The highest BCUT2D eigenvalue weighted by Crippen LogP contribution is 2.24. The highest BCUT2D eigenvalue weighted by Gasteiger charge is 1.95. The van der Waals surface area contributed by atoms with E-state index >= 15 is 0 Å². The molecule has 1 aliphatic heterocycles. The van der Waals surface area contributed by atoms with Crippen LogP contribution in [0.5, 0.6) is 5.75 Å². The van der Waals surface area contributed by atoms with Gasteiger partial charge in [0.25, 0.3) is 0 Å². The zero-order chi connectivity index (χ0) is 10.4. The van der Waals surface area contributed by atoms with Crippen molar-refractivity contribution in [2.24, 2.45) is 0 Å². The predicted molar refractivity (Wildman–Crippen MR) is 60.2 cm³/mol. The minimum absolute atomic E-state index is 0.129. The summed E-state index contributed by atoms with van der Waals surface area (Å²) in [6, 6.07) is 4.41. The van der Waals surface area contributed by atoms with Crippen molar-refractivity contribution >= 4 is 23.2 Å². The summed E-state index contributed by atoms with van der Waals surface area (Å²) < 4.78 is 0. The van der Waals surface area contributed by atoms with E-state index in [2.05, 4.69) is 5.32 Å². The van der Waals surface area contributed by atoms with Crippen molar-refractivity contribution in [3.05, 3.63) is 28.2 Å². The average Bonchev–Trinajstić information content (AvgIpc) is 2.69. The number of benzene rings is 1. The summed E-state index contributed by atoms with van der Waals surface area (Å²) >= 11 is 11.1. The Labute approximate surface area is 93.8 Å². The first-order chi connectivity index (χ1) is 6.70. The van der Waals surface area contributed by atoms with Gasteiger partial charge in [-0.2, -0.15) is 0 Å². The molecule has 0 spiro atoms. The highest BCUT2D eigenvalue weighted by molar-refractivity contribution is 6.42. The molecule has 1 aliphatic rings. The van der Waals surface area contributed by atoms with Crippen LogP contribution in [0.2, 0.25) is 10.0 Å². The van der Waals surface area contributed by atoms with Crippen molar-refractivity contribution in [2.75, 3.05) is 13.1 Å². The fraction of sp³-hybridized carbons (Fsp3) is 0.400. The van der Waals surface area contributed by atoms with Crippen molar-refractivity contribution in [3.8, 4) is 5.75 Å². The Morgan fingerprint density at radius 1 is 1.07 bits per heavy atom. The maximum atomic E-state index is 8.79. The molecule has 1 aromatic rings. The van der Waals surface area contributed by atoms with Gasteiger partial charge in [0.15, 0.2) is 0 Å². The van der Waals surface area contributed by atoms with Crippen molar-refractivity contribution in [2.45, 2.75) is 12.8 Å². The molecule has 2 N–H and O–H groups in total. The second kappa shape index (κ2) is 6.12. The van der Waals surface area contributed by atoms with Crippen molar-refractivity contribution in [1.29, 1.82) is 0 Å². The molecule has 2 nitrogen and oxygen atoms in total. The first kappa shape index (κ1) is 11.6. The number of halogens is 2. The predicted octanol–water partition coefficient (Wildman–Crippen LogP) is 3.07. The standard InChI is InChI=1S/C6H4Cl2O.C4H9N/c7-5-2-1-4(9)3-6(5)8;1-2-4-5-3-1/h1-3,9H;5H,1-4H2. The highest BCUT2D eigenvalue weighted by atomic mass is 35.5. The number of phenolic OH excluding ortho intramolecular Hbond substituents is 1. The van der Waals surface area contributed by atoms with Gasteiger partial charge in [0.1, 0.15) is 5.75 Å². The lowest BCUT2D eigenvalue weighted by molar-refractivity contribution is 0.475. The first-order valence-electron chi connectivity index (χ1n) is 4.55. The Bertz CT molecular complexity index is 280. The zero-order valence-corrected chi connectivity index (χ0v) is 9.28. The Hall–Kier alpha value is -0.440. The second-order valence-corrected chi connectivity index (χ2v) is 3.87. The van der Waals surface area contributed by atoms with Crippen LogP contribution >= 0.6 is 23.2 Å². The van der Waals surface area contributed by atoms with E-state index in [4.69, 9.17) is 28.3 Å². The van der Waals surface area contributed by atoms with E-state index in [-0.39, 0.29) is 5.75 Å². The second-order valence-electron chi connectivity index (χ2n) is 3.06. The van der Waals surface area contributed by atoms with Crippen LogP contribution in [-0.4, -0.2) is 18.2 Å². The van der Waals surface area contributed by atoms with Gasteiger partial charge in [-0.1, -0.05) is 23.2 Å². The number of hydrogen-bond donors (Lipinski definition) is 2. The lowest BCUT2D eigenvalue weighted by Crippen LogP contribution is -2.03. The molecule has 2 rings (SSSR count). The fourth-order valence-corrected chi connectivity index (χ4v) is 1.40. The smallest absolute Gasteiger partial charge is 0.117 e. The van der Waals surface area contributed by atoms with Crippen LogP contribution in [0.1, 0.15) is 12.8 Å². The van der Waals surface area contributed by atoms with Gasteiger partial charge in [0, 0.05) is 0 Å². The molecule has 1 fully saturated rings. The number of hydrogen-bond acceptors (Lipinski definition) is 2. The van der Waals surface area contributed by atoms with Crippen LogP contribution < -0.4 is 5.32 Å². The molecule has 1 heterocycles. The number of rotatable bonds is 0. The molecule has 0 aliphatic carbocycles. The van der Waals surface area contributed by atoms with Gasteiger partial charge in [0.05, 0.1) is 10.0 Å². The lowest BCUT2D eigenvalue weighted by Gasteiger charge is -1.93. The van der Waals surface area contributed by atoms with E-state index in [1.807, 2.05) is 0 Å². The van der Waals surface area contributed by atoms with Gasteiger partial charge in [-0.3, -0.25) is 0 Å². The van der Waals surface area contributed by atoms with Crippen LogP contribution in [0.3, 0.4) is 0 Å². The Morgan fingerprint density at radius 3 is 2.07 bits per heavy atom. The SMILES string of the molecule is C1CCNC1.Oc1ccc(Cl)c(Cl)c1. The molecular formula is C10H13Cl2NO. The molecule has 4 heteroatoms. The maximum Gasteiger partial charge on any atom is 0.117 e. The molecule has 0 aromatic heterocycles. The van der Waals surface area contributed by atoms with Gasteiger partial charge in [0.2, 0.25) is 0 Å². The van der Waals surface area contributed by atoms with Crippen LogP contribution in [-0.2, 0) is 0 Å². The number of nitrogens with one attached hydrogen (secondary N) is 1. The topological polar surface area (TPSA) is 32.3 Å². The molecule has 1 saturated heterocycles. The van der Waals surface area contributed by atoms with E-state index in [0.29, 0.717) is 10.0 Å². The van der Waals surface area contributed by atoms with Gasteiger partial charge in [-0.15, -0.1) is 0 Å². The Kier molecular flexibility index (Phi) is 5.09. The normalized spacial score (nSPS) is 14.7. The molecule has 0 saturated carbocycles. The molecule has 0 radical (unpaired) electrons. The molecule has 0 bridgehead atoms. The zero-order valence-electron chi connectivity index (χ0n) is 7.76. The molecule has 0 unspecified atom stereocenters. The summed E-state index contributed by atoms with van der Waals surface area (Å²) in [7, 11) is 0. The summed E-state index contributed by atoms with van der Waals surface area (Å²) in [6.07, 6.45) is 2.78. The summed E-state index contributed by atoms with van der Waals surface area (Å²) in [5, 5.41) is 12.8. The summed E-state index contributed by atoms with van der Waals surface area (Å²) in [5.41, 5.74) is 0. The summed E-state index contributed by atoms with van der Waals surface area (Å²) in [6.45, 7) is 2.50. The summed E-state index contributed by atoms with van der Waals surface area (Å²) in [5.74, 6) is 0.129. The van der Waals surface area contributed by atoms with E-state index in [9.17, 15) is 0 Å². The van der Waals surface area contributed by atoms with Gasteiger partial charge >= 0.3 is 0 Å². The third-order valence-electron chi connectivity index (χ3n) is 1.86. The van der Waals surface area contributed by atoms with E-state index in [1.54, 1.807) is 6.07 Å². The molecule has 78 valence electrons. The quantitative estimate of drug-likeness (QED) is 0.723. The third-order valence-corrected chi connectivity index (χ3v) is 2.60. The Balaban J connectivity index is 0.000000165. The van der Waals surface area contributed by atoms with Crippen LogP contribution in [0.15, 0.2) is 18.2 Å². The van der Waals surface area contributed by atoms with Crippen molar-refractivity contribution in [1.82, 2.24) is 5.32 Å².